The molecule has 1 rings (SSSR count). The van der Waals surface area contributed by atoms with Gasteiger partial charge in [0.05, 0.1) is 5.75 Å². The minimum absolute atomic E-state index is 0.0475. The largest absolute Gasteiger partial charge is 0.493 e. The van der Waals surface area contributed by atoms with Crippen LogP contribution in [-0.4, -0.2) is 26.5 Å². The Hall–Kier alpha value is -1.07. The SMILES string of the molecule is CCS(=O)(=O)CCOc1cccc([C@@H](C)N)c1. The van der Waals surface area contributed by atoms with E-state index in [1.807, 2.05) is 25.1 Å². The van der Waals surface area contributed by atoms with E-state index in [0.29, 0.717) is 5.75 Å². The molecule has 1 atom stereocenters. The van der Waals surface area contributed by atoms with E-state index in [9.17, 15) is 8.42 Å². The first kappa shape index (κ1) is 14.0. The van der Waals surface area contributed by atoms with E-state index in [2.05, 4.69) is 0 Å². The molecule has 1 aromatic rings. The molecule has 0 saturated carbocycles. The second-order valence-electron chi connectivity index (χ2n) is 3.95. The van der Waals surface area contributed by atoms with Crippen LogP contribution in [-0.2, 0) is 9.84 Å². The molecule has 1 aromatic carbocycles. The van der Waals surface area contributed by atoms with Gasteiger partial charge in [0.2, 0.25) is 0 Å². The van der Waals surface area contributed by atoms with E-state index in [0.717, 1.165) is 5.56 Å². The van der Waals surface area contributed by atoms with Gasteiger partial charge in [0.15, 0.2) is 9.84 Å². The maximum atomic E-state index is 11.3. The number of ether oxygens (including phenoxy) is 1. The molecule has 0 heterocycles. The molecule has 4 nitrogen and oxygen atoms in total. The zero-order valence-electron chi connectivity index (χ0n) is 10.2. The average Bonchev–Trinajstić information content (AvgIpc) is 2.29. The van der Waals surface area contributed by atoms with Gasteiger partial charge in [-0.05, 0) is 24.6 Å². The van der Waals surface area contributed by atoms with Crippen molar-refractivity contribution >= 4 is 9.84 Å². The number of sulfone groups is 1. The number of benzene rings is 1. The molecular weight excluding hydrogens is 238 g/mol. The summed E-state index contributed by atoms with van der Waals surface area (Å²) in [4.78, 5) is 0. The molecule has 2 N–H and O–H groups in total. The molecule has 0 radical (unpaired) electrons. The number of nitrogens with two attached hydrogens (primary N) is 1. The molecule has 96 valence electrons. The molecule has 0 aliphatic carbocycles. The van der Waals surface area contributed by atoms with Gasteiger partial charge < -0.3 is 10.5 Å². The lowest BCUT2D eigenvalue weighted by Gasteiger charge is -2.09. The van der Waals surface area contributed by atoms with E-state index in [1.54, 1.807) is 13.0 Å². The maximum Gasteiger partial charge on any atom is 0.153 e. The number of hydrogen-bond donors (Lipinski definition) is 1. The summed E-state index contributed by atoms with van der Waals surface area (Å²) in [6.45, 7) is 3.70. The fraction of sp³-hybridized carbons (Fsp3) is 0.500. The summed E-state index contributed by atoms with van der Waals surface area (Å²) in [6.07, 6.45) is 0. The minimum Gasteiger partial charge on any atom is -0.493 e. The van der Waals surface area contributed by atoms with Gasteiger partial charge in [-0.25, -0.2) is 8.42 Å². The first-order valence-corrected chi connectivity index (χ1v) is 7.45. The lowest BCUT2D eigenvalue weighted by Crippen LogP contribution is -2.15. The molecular formula is C12H19NO3S. The van der Waals surface area contributed by atoms with Crippen LogP contribution in [0.15, 0.2) is 24.3 Å². The smallest absolute Gasteiger partial charge is 0.153 e. The first-order chi connectivity index (χ1) is 7.94. The summed E-state index contributed by atoms with van der Waals surface area (Å²) in [5.41, 5.74) is 6.72. The molecule has 17 heavy (non-hydrogen) atoms. The highest BCUT2D eigenvalue weighted by atomic mass is 32.2. The highest BCUT2D eigenvalue weighted by molar-refractivity contribution is 7.91. The second kappa shape index (κ2) is 6.02. The van der Waals surface area contributed by atoms with Crippen molar-refractivity contribution < 1.29 is 13.2 Å². The monoisotopic (exact) mass is 257 g/mol. The Morgan fingerprint density at radius 2 is 2.12 bits per heavy atom. The Bertz CT molecular complexity index is 455. The molecule has 5 heteroatoms. The highest BCUT2D eigenvalue weighted by Gasteiger charge is 2.07. The maximum absolute atomic E-state index is 11.3. The summed E-state index contributed by atoms with van der Waals surface area (Å²) in [5.74, 6) is 0.855. The molecule has 0 bridgehead atoms. The third-order valence-corrected chi connectivity index (χ3v) is 4.16. The second-order valence-corrected chi connectivity index (χ2v) is 6.42. The van der Waals surface area contributed by atoms with Gasteiger partial charge in [0.1, 0.15) is 12.4 Å². The van der Waals surface area contributed by atoms with Crippen molar-refractivity contribution in [1.82, 2.24) is 0 Å². The molecule has 0 fully saturated rings. The Morgan fingerprint density at radius 1 is 1.41 bits per heavy atom. The molecule has 0 unspecified atom stereocenters. The Labute approximate surface area is 103 Å². The number of hydrogen-bond acceptors (Lipinski definition) is 4. The Kier molecular flexibility index (Phi) is 4.96. The van der Waals surface area contributed by atoms with Crippen LogP contribution in [0.4, 0.5) is 0 Å². The van der Waals surface area contributed by atoms with Crippen molar-refractivity contribution in [3.05, 3.63) is 29.8 Å². The van der Waals surface area contributed by atoms with Crippen LogP contribution >= 0.6 is 0 Å². The predicted molar refractivity (Wildman–Crippen MR) is 68.9 cm³/mol. The standard InChI is InChI=1S/C12H19NO3S/c1-3-17(14,15)8-7-16-12-6-4-5-11(9-12)10(2)13/h4-6,9-10H,3,7-8,13H2,1-2H3/t10-/m1/s1. The first-order valence-electron chi connectivity index (χ1n) is 5.63. The fourth-order valence-corrected chi connectivity index (χ4v) is 1.94. The van der Waals surface area contributed by atoms with Crippen molar-refractivity contribution in [2.45, 2.75) is 19.9 Å². The third-order valence-electron chi connectivity index (χ3n) is 2.49. The van der Waals surface area contributed by atoms with Crippen molar-refractivity contribution in [3.8, 4) is 5.75 Å². The van der Waals surface area contributed by atoms with E-state index < -0.39 is 9.84 Å². The van der Waals surface area contributed by atoms with Crippen LogP contribution in [0, 0.1) is 0 Å². The van der Waals surface area contributed by atoms with Gasteiger partial charge in [-0.3, -0.25) is 0 Å². The van der Waals surface area contributed by atoms with Gasteiger partial charge in [-0.2, -0.15) is 0 Å². The molecule has 0 aliphatic heterocycles. The highest BCUT2D eigenvalue weighted by Crippen LogP contribution is 2.17. The van der Waals surface area contributed by atoms with E-state index in [4.69, 9.17) is 10.5 Å². The lowest BCUT2D eigenvalue weighted by atomic mass is 10.1. The molecule has 0 spiro atoms. The lowest BCUT2D eigenvalue weighted by molar-refractivity contribution is 0.340. The van der Waals surface area contributed by atoms with Crippen LogP contribution in [0.1, 0.15) is 25.5 Å². The topological polar surface area (TPSA) is 69.4 Å². The van der Waals surface area contributed by atoms with Crippen LogP contribution in [0.25, 0.3) is 0 Å². The predicted octanol–water partition coefficient (Wildman–Crippen LogP) is 1.52. The average molecular weight is 257 g/mol. The van der Waals surface area contributed by atoms with Crippen molar-refractivity contribution in [2.75, 3.05) is 18.1 Å². The summed E-state index contributed by atoms with van der Waals surface area (Å²) in [6, 6.07) is 7.34. The van der Waals surface area contributed by atoms with Crippen molar-refractivity contribution in [2.24, 2.45) is 5.73 Å². The van der Waals surface area contributed by atoms with Gasteiger partial charge >= 0.3 is 0 Å². The molecule has 0 aromatic heterocycles. The number of rotatable bonds is 6. The summed E-state index contributed by atoms with van der Waals surface area (Å²) in [5, 5.41) is 0. The van der Waals surface area contributed by atoms with Gasteiger partial charge in [-0.15, -0.1) is 0 Å². The van der Waals surface area contributed by atoms with Gasteiger partial charge in [0.25, 0.3) is 0 Å². The van der Waals surface area contributed by atoms with E-state index in [1.165, 1.54) is 0 Å². The molecule has 0 amide bonds. The summed E-state index contributed by atoms with van der Waals surface area (Å²) >= 11 is 0. The van der Waals surface area contributed by atoms with Crippen molar-refractivity contribution in [1.29, 1.82) is 0 Å². The van der Waals surface area contributed by atoms with Crippen LogP contribution in [0.2, 0.25) is 0 Å². The van der Waals surface area contributed by atoms with Crippen LogP contribution < -0.4 is 10.5 Å². The van der Waals surface area contributed by atoms with Gasteiger partial charge in [-0.1, -0.05) is 19.1 Å². The van der Waals surface area contributed by atoms with Crippen molar-refractivity contribution in [3.63, 3.8) is 0 Å². The minimum atomic E-state index is -2.97. The fourth-order valence-electron chi connectivity index (χ4n) is 1.32. The Morgan fingerprint density at radius 3 is 2.71 bits per heavy atom. The van der Waals surface area contributed by atoms with Crippen LogP contribution in [0.5, 0.6) is 5.75 Å². The molecule has 0 aliphatic rings. The summed E-state index contributed by atoms with van der Waals surface area (Å²) in [7, 11) is -2.97. The normalized spacial score (nSPS) is 13.4. The van der Waals surface area contributed by atoms with E-state index in [-0.39, 0.29) is 24.2 Å². The third kappa shape index (κ3) is 4.75. The summed E-state index contributed by atoms with van der Waals surface area (Å²) < 4.78 is 27.9. The van der Waals surface area contributed by atoms with Gasteiger partial charge in [0, 0.05) is 11.8 Å². The zero-order chi connectivity index (χ0) is 12.9. The van der Waals surface area contributed by atoms with Crippen LogP contribution in [0.3, 0.4) is 0 Å². The zero-order valence-corrected chi connectivity index (χ0v) is 11.0. The van der Waals surface area contributed by atoms with E-state index >= 15 is 0 Å². The Balaban J connectivity index is 2.55. The quantitative estimate of drug-likeness (QED) is 0.839. The molecule has 0 saturated heterocycles.